The molecule has 3 heteroatoms. The van der Waals surface area contributed by atoms with E-state index in [-0.39, 0.29) is 11.9 Å². The lowest BCUT2D eigenvalue weighted by molar-refractivity contribution is -0.122. The number of benzene rings is 1. The standard InChI is InChI=1S/C16H24N2O/c1-12(2)14-7-5-13(6-8-14)9-11-18-16(19)15-4-3-10-17-15/h5-8,12,15,17H,3-4,9-11H2,1-2H3,(H,18,19). The van der Waals surface area contributed by atoms with Crippen LogP contribution in [-0.4, -0.2) is 25.0 Å². The van der Waals surface area contributed by atoms with Crippen molar-refractivity contribution >= 4 is 5.91 Å². The van der Waals surface area contributed by atoms with Crippen LogP contribution in [0.1, 0.15) is 43.7 Å². The molecular formula is C16H24N2O. The first-order valence-electron chi connectivity index (χ1n) is 7.27. The van der Waals surface area contributed by atoms with Gasteiger partial charge >= 0.3 is 0 Å². The number of nitrogens with one attached hydrogen (secondary N) is 2. The van der Waals surface area contributed by atoms with Gasteiger partial charge in [-0.2, -0.15) is 0 Å². The minimum absolute atomic E-state index is 0.0308. The summed E-state index contributed by atoms with van der Waals surface area (Å²) in [6, 6.07) is 8.72. The van der Waals surface area contributed by atoms with E-state index in [0.717, 1.165) is 32.4 Å². The second kappa shape index (κ2) is 6.71. The largest absolute Gasteiger partial charge is 0.354 e. The topological polar surface area (TPSA) is 41.1 Å². The van der Waals surface area contributed by atoms with Crippen molar-refractivity contribution in [1.29, 1.82) is 0 Å². The molecule has 1 fully saturated rings. The Morgan fingerprint density at radius 3 is 2.68 bits per heavy atom. The van der Waals surface area contributed by atoms with Gasteiger partial charge in [0, 0.05) is 6.54 Å². The van der Waals surface area contributed by atoms with Gasteiger partial charge in [0.25, 0.3) is 0 Å². The summed E-state index contributed by atoms with van der Waals surface area (Å²) >= 11 is 0. The van der Waals surface area contributed by atoms with E-state index in [0.29, 0.717) is 5.92 Å². The van der Waals surface area contributed by atoms with Crippen molar-refractivity contribution in [3.8, 4) is 0 Å². The van der Waals surface area contributed by atoms with Crippen LogP contribution in [0.3, 0.4) is 0 Å². The highest BCUT2D eigenvalue weighted by Crippen LogP contribution is 2.14. The summed E-state index contributed by atoms with van der Waals surface area (Å²) < 4.78 is 0. The predicted octanol–water partition coefficient (Wildman–Crippen LogP) is 2.22. The molecule has 0 radical (unpaired) electrons. The summed E-state index contributed by atoms with van der Waals surface area (Å²) in [7, 11) is 0. The Balaban J connectivity index is 1.74. The zero-order valence-corrected chi connectivity index (χ0v) is 11.9. The number of rotatable bonds is 5. The molecule has 1 heterocycles. The average molecular weight is 260 g/mol. The first-order valence-corrected chi connectivity index (χ1v) is 7.27. The lowest BCUT2D eigenvalue weighted by Gasteiger charge is -2.11. The Kier molecular flexibility index (Phi) is 4.97. The zero-order valence-electron chi connectivity index (χ0n) is 11.9. The number of carbonyl (C=O) groups is 1. The summed E-state index contributed by atoms with van der Waals surface area (Å²) in [5.74, 6) is 0.721. The van der Waals surface area contributed by atoms with E-state index >= 15 is 0 Å². The smallest absolute Gasteiger partial charge is 0.237 e. The number of amides is 1. The van der Waals surface area contributed by atoms with Crippen molar-refractivity contribution in [2.24, 2.45) is 0 Å². The Morgan fingerprint density at radius 1 is 1.37 bits per heavy atom. The SMILES string of the molecule is CC(C)c1ccc(CCNC(=O)C2CCCN2)cc1. The normalized spacial score (nSPS) is 18.8. The molecule has 0 bridgehead atoms. The van der Waals surface area contributed by atoms with Crippen molar-refractivity contribution in [1.82, 2.24) is 10.6 Å². The first-order chi connectivity index (χ1) is 9.16. The van der Waals surface area contributed by atoms with Crippen LogP contribution in [0.2, 0.25) is 0 Å². The molecule has 0 saturated carbocycles. The highest BCUT2D eigenvalue weighted by Gasteiger charge is 2.21. The molecule has 1 aromatic rings. The van der Waals surface area contributed by atoms with Gasteiger partial charge < -0.3 is 10.6 Å². The van der Waals surface area contributed by atoms with Gasteiger partial charge in [-0.15, -0.1) is 0 Å². The van der Waals surface area contributed by atoms with E-state index in [2.05, 4.69) is 48.7 Å². The monoisotopic (exact) mass is 260 g/mol. The molecule has 1 aliphatic rings. The van der Waals surface area contributed by atoms with Gasteiger partial charge in [-0.05, 0) is 42.9 Å². The van der Waals surface area contributed by atoms with E-state index in [4.69, 9.17) is 0 Å². The quantitative estimate of drug-likeness (QED) is 0.852. The number of hydrogen-bond donors (Lipinski definition) is 2. The molecule has 104 valence electrons. The molecule has 19 heavy (non-hydrogen) atoms. The van der Waals surface area contributed by atoms with Crippen molar-refractivity contribution in [3.05, 3.63) is 35.4 Å². The van der Waals surface area contributed by atoms with E-state index in [1.807, 2.05) is 0 Å². The lowest BCUT2D eigenvalue weighted by Crippen LogP contribution is -2.41. The summed E-state index contributed by atoms with van der Waals surface area (Å²) in [4.78, 5) is 11.8. The maximum absolute atomic E-state index is 11.8. The molecule has 1 aromatic carbocycles. The third kappa shape index (κ3) is 4.06. The molecular weight excluding hydrogens is 236 g/mol. The highest BCUT2D eigenvalue weighted by molar-refractivity contribution is 5.81. The molecule has 0 aromatic heterocycles. The van der Waals surface area contributed by atoms with Crippen LogP contribution < -0.4 is 10.6 Å². The maximum atomic E-state index is 11.8. The van der Waals surface area contributed by atoms with Gasteiger partial charge in [-0.3, -0.25) is 4.79 Å². The van der Waals surface area contributed by atoms with Crippen LogP contribution in [0.5, 0.6) is 0 Å². The van der Waals surface area contributed by atoms with E-state index in [1.54, 1.807) is 0 Å². The maximum Gasteiger partial charge on any atom is 0.237 e. The van der Waals surface area contributed by atoms with Crippen molar-refractivity contribution in [2.75, 3.05) is 13.1 Å². The van der Waals surface area contributed by atoms with Gasteiger partial charge in [0.15, 0.2) is 0 Å². The fourth-order valence-electron chi connectivity index (χ4n) is 2.43. The summed E-state index contributed by atoms with van der Waals surface area (Å²) in [6.07, 6.45) is 2.97. The molecule has 3 nitrogen and oxygen atoms in total. The lowest BCUT2D eigenvalue weighted by atomic mass is 10.0. The Morgan fingerprint density at radius 2 is 2.11 bits per heavy atom. The van der Waals surface area contributed by atoms with Gasteiger partial charge in [0.1, 0.15) is 0 Å². The zero-order chi connectivity index (χ0) is 13.7. The Hall–Kier alpha value is -1.35. The second-order valence-corrected chi connectivity index (χ2v) is 5.59. The molecule has 1 atom stereocenters. The minimum atomic E-state index is 0.0308. The molecule has 1 unspecified atom stereocenters. The van der Waals surface area contributed by atoms with Crippen molar-refractivity contribution in [2.45, 2.75) is 45.1 Å². The third-order valence-corrected chi connectivity index (χ3v) is 3.74. The summed E-state index contributed by atoms with van der Waals surface area (Å²) in [6.45, 7) is 6.08. The second-order valence-electron chi connectivity index (χ2n) is 5.59. The number of hydrogen-bond acceptors (Lipinski definition) is 2. The van der Waals surface area contributed by atoms with Crippen LogP contribution in [-0.2, 0) is 11.2 Å². The first kappa shape index (κ1) is 14.1. The van der Waals surface area contributed by atoms with Crippen molar-refractivity contribution < 1.29 is 4.79 Å². The highest BCUT2D eigenvalue weighted by atomic mass is 16.2. The molecule has 0 spiro atoms. The van der Waals surface area contributed by atoms with Crippen LogP contribution in [0.25, 0.3) is 0 Å². The Bertz CT molecular complexity index is 405. The third-order valence-electron chi connectivity index (χ3n) is 3.74. The minimum Gasteiger partial charge on any atom is -0.354 e. The fourth-order valence-corrected chi connectivity index (χ4v) is 2.43. The van der Waals surface area contributed by atoms with Crippen LogP contribution >= 0.6 is 0 Å². The van der Waals surface area contributed by atoms with Gasteiger partial charge in [0.05, 0.1) is 6.04 Å². The molecule has 1 saturated heterocycles. The van der Waals surface area contributed by atoms with Gasteiger partial charge in [0.2, 0.25) is 5.91 Å². The molecule has 1 amide bonds. The van der Waals surface area contributed by atoms with Crippen molar-refractivity contribution in [3.63, 3.8) is 0 Å². The number of carbonyl (C=O) groups excluding carboxylic acids is 1. The molecule has 1 aliphatic heterocycles. The summed E-state index contributed by atoms with van der Waals surface area (Å²) in [5, 5.41) is 6.22. The molecule has 2 N–H and O–H groups in total. The average Bonchev–Trinajstić information content (AvgIpc) is 2.93. The van der Waals surface area contributed by atoms with Gasteiger partial charge in [-0.25, -0.2) is 0 Å². The van der Waals surface area contributed by atoms with Crippen LogP contribution in [0.4, 0.5) is 0 Å². The fraction of sp³-hybridized carbons (Fsp3) is 0.562. The molecule has 2 rings (SSSR count). The molecule has 0 aliphatic carbocycles. The predicted molar refractivity (Wildman–Crippen MR) is 78.3 cm³/mol. The van der Waals surface area contributed by atoms with Gasteiger partial charge in [-0.1, -0.05) is 38.1 Å². The summed E-state index contributed by atoms with van der Waals surface area (Å²) in [5.41, 5.74) is 2.65. The van der Waals surface area contributed by atoms with E-state index in [9.17, 15) is 4.79 Å². The van der Waals surface area contributed by atoms with E-state index < -0.39 is 0 Å². The van der Waals surface area contributed by atoms with E-state index in [1.165, 1.54) is 11.1 Å². The Labute approximate surface area is 115 Å². The van der Waals surface area contributed by atoms with Crippen LogP contribution in [0, 0.1) is 0 Å². The van der Waals surface area contributed by atoms with Crippen LogP contribution in [0.15, 0.2) is 24.3 Å².